The first kappa shape index (κ1) is 28.5. The van der Waals surface area contributed by atoms with E-state index in [1.165, 1.54) is 0 Å². The second kappa shape index (κ2) is 21.6. The van der Waals surface area contributed by atoms with Crippen molar-refractivity contribution in [3.05, 3.63) is 0 Å². The molecule has 0 aliphatic carbocycles. The summed E-state index contributed by atoms with van der Waals surface area (Å²) in [5, 5.41) is 48.3. The van der Waals surface area contributed by atoms with Gasteiger partial charge in [0, 0.05) is 18.3 Å². The molecule has 0 aromatic carbocycles. The van der Waals surface area contributed by atoms with Crippen LogP contribution in [0, 0.1) is 5.41 Å². The average Bonchev–Trinajstić information content (AvgIpc) is 2.52. The van der Waals surface area contributed by atoms with Crippen molar-refractivity contribution in [2.45, 2.75) is 40.0 Å². The average molecular weight is 328 g/mol. The van der Waals surface area contributed by atoms with E-state index in [1.54, 1.807) is 13.8 Å². The molecule has 22 heavy (non-hydrogen) atoms. The molecule has 0 bridgehead atoms. The summed E-state index contributed by atoms with van der Waals surface area (Å²) in [6.45, 7) is 4.30. The monoisotopic (exact) mass is 328 g/mol. The van der Waals surface area contributed by atoms with Crippen LogP contribution in [-0.2, 0) is 14.4 Å². The molecule has 0 spiro atoms. The molecule has 0 rings (SSSR count). The molecule has 0 radical (unpaired) electrons. The Bertz CT molecular complexity index is 231. The zero-order valence-electron chi connectivity index (χ0n) is 13.2. The molecule has 0 aliphatic heterocycles. The molecule has 0 aromatic heterocycles. The first-order valence-corrected chi connectivity index (χ1v) is 6.54. The van der Waals surface area contributed by atoms with Gasteiger partial charge >= 0.3 is 11.9 Å². The summed E-state index contributed by atoms with van der Waals surface area (Å²) in [5.74, 6) is -1.49. The normalized spacial score (nSPS) is 8.82. The minimum atomic E-state index is -0.745. The summed E-state index contributed by atoms with van der Waals surface area (Å²) in [5.41, 5.74) is -0.667. The van der Waals surface area contributed by atoms with Gasteiger partial charge in [-0.25, -0.2) is 0 Å². The molecule has 0 saturated heterocycles. The molecule has 0 atom stereocenters. The largest absolute Gasteiger partial charge is 0.483 e. The minimum Gasteiger partial charge on any atom is -0.483 e. The Balaban J connectivity index is -0.000000107. The molecule has 0 saturated carbocycles. The quantitative estimate of drug-likeness (QED) is 0.367. The molecule has 0 fully saturated rings. The Labute approximate surface area is 129 Å². The molecular weight excluding hydrogens is 300 g/mol. The SMILES string of the molecule is CCC(=O)O.CCC(=O)O.CCC(CO)(CO)CO.O=CO. The van der Waals surface area contributed by atoms with Crippen molar-refractivity contribution in [3.8, 4) is 0 Å². The van der Waals surface area contributed by atoms with Crippen LogP contribution in [0.1, 0.15) is 40.0 Å². The standard InChI is InChI=1S/C6H14O3.2C3H6O2.CH2O2/c1-2-6(3-7,4-8)5-9;2*1-2-3(4)5;2-1-3/h7-9H,2-5H2,1H3;2*2H2,1H3,(H,4,5);1H,(H,2,3). The molecule has 0 heterocycles. The maximum atomic E-state index is 9.37. The Hall–Kier alpha value is -1.71. The third-order valence-electron chi connectivity index (χ3n) is 2.36. The van der Waals surface area contributed by atoms with Gasteiger partial charge in [0.25, 0.3) is 6.47 Å². The van der Waals surface area contributed by atoms with E-state index in [4.69, 9.17) is 35.4 Å². The number of aliphatic hydroxyl groups is 3. The molecule has 0 unspecified atom stereocenters. The van der Waals surface area contributed by atoms with E-state index in [0.29, 0.717) is 6.42 Å². The number of carbonyl (C=O) groups is 3. The van der Waals surface area contributed by atoms with Gasteiger partial charge in [0.2, 0.25) is 0 Å². The van der Waals surface area contributed by atoms with Crippen molar-refractivity contribution < 1.29 is 45.0 Å². The van der Waals surface area contributed by atoms with E-state index in [9.17, 15) is 9.59 Å². The number of hydrogen-bond acceptors (Lipinski definition) is 6. The highest BCUT2D eigenvalue weighted by atomic mass is 16.4. The third kappa shape index (κ3) is 26.8. The molecule has 6 N–H and O–H groups in total. The van der Waals surface area contributed by atoms with E-state index in [2.05, 4.69) is 0 Å². The van der Waals surface area contributed by atoms with Crippen molar-refractivity contribution in [1.82, 2.24) is 0 Å². The fraction of sp³-hybridized carbons (Fsp3) is 0.769. The van der Waals surface area contributed by atoms with E-state index in [0.717, 1.165) is 0 Å². The molecule has 9 heteroatoms. The Morgan fingerprint density at radius 2 is 1.05 bits per heavy atom. The predicted octanol–water partition coefficient (Wildman–Crippen LogP) is 0.0225. The van der Waals surface area contributed by atoms with Crippen LogP contribution in [0.2, 0.25) is 0 Å². The number of hydrogen-bond donors (Lipinski definition) is 6. The Kier molecular flexibility index (Phi) is 27.9. The lowest BCUT2D eigenvalue weighted by atomic mass is 9.88. The van der Waals surface area contributed by atoms with Gasteiger partial charge in [0.1, 0.15) is 0 Å². The molecule has 0 aromatic rings. The highest BCUT2D eigenvalue weighted by Gasteiger charge is 2.24. The van der Waals surface area contributed by atoms with Crippen LogP contribution < -0.4 is 0 Å². The fourth-order valence-electron chi connectivity index (χ4n) is 0.485. The van der Waals surface area contributed by atoms with E-state index >= 15 is 0 Å². The molecule has 0 amide bonds. The first-order chi connectivity index (χ1) is 10.2. The van der Waals surface area contributed by atoms with Gasteiger partial charge in [0.15, 0.2) is 0 Å². The van der Waals surface area contributed by atoms with Crippen LogP contribution in [0.5, 0.6) is 0 Å². The second-order valence-corrected chi connectivity index (χ2v) is 3.93. The van der Waals surface area contributed by atoms with Crippen LogP contribution in [0.25, 0.3) is 0 Å². The first-order valence-electron chi connectivity index (χ1n) is 6.54. The lowest BCUT2D eigenvalue weighted by molar-refractivity contribution is -0.137. The Morgan fingerprint density at radius 1 is 0.864 bits per heavy atom. The van der Waals surface area contributed by atoms with Gasteiger partial charge in [0.05, 0.1) is 19.8 Å². The van der Waals surface area contributed by atoms with Gasteiger partial charge in [-0.05, 0) is 6.42 Å². The molecule has 0 aliphatic rings. The summed E-state index contributed by atoms with van der Waals surface area (Å²) in [7, 11) is 0. The van der Waals surface area contributed by atoms with Crippen LogP contribution in [0.4, 0.5) is 0 Å². The highest BCUT2D eigenvalue weighted by molar-refractivity contribution is 5.66. The van der Waals surface area contributed by atoms with Gasteiger partial charge in [-0.3, -0.25) is 14.4 Å². The maximum Gasteiger partial charge on any atom is 0.303 e. The summed E-state index contributed by atoms with van der Waals surface area (Å²) >= 11 is 0. The summed E-state index contributed by atoms with van der Waals surface area (Å²) < 4.78 is 0. The zero-order chi connectivity index (χ0) is 18.6. The zero-order valence-corrected chi connectivity index (χ0v) is 13.2. The van der Waals surface area contributed by atoms with Crippen molar-refractivity contribution in [2.24, 2.45) is 5.41 Å². The highest BCUT2D eigenvalue weighted by Crippen LogP contribution is 2.18. The second-order valence-electron chi connectivity index (χ2n) is 3.93. The number of carboxylic acids is 2. The van der Waals surface area contributed by atoms with Gasteiger partial charge in [-0.2, -0.15) is 0 Å². The van der Waals surface area contributed by atoms with Crippen molar-refractivity contribution in [2.75, 3.05) is 19.8 Å². The van der Waals surface area contributed by atoms with E-state index < -0.39 is 17.4 Å². The van der Waals surface area contributed by atoms with Crippen LogP contribution in [-0.4, -0.2) is 68.9 Å². The van der Waals surface area contributed by atoms with Crippen LogP contribution in [0.3, 0.4) is 0 Å². The van der Waals surface area contributed by atoms with Gasteiger partial charge in [-0.15, -0.1) is 0 Å². The van der Waals surface area contributed by atoms with Crippen molar-refractivity contribution >= 4 is 18.4 Å². The number of aliphatic hydroxyl groups excluding tert-OH is 3. The van der Waals surface area contributed by atoms with Gasteiger partial charge < -0.3 is 30.6 Å². The number of aliphatic carboxylic acids is 2. The van der Waals surface area contributed by atoms with Crippen LogP contribution in [0.15, 0.2) is 0 Å². The van der Waals surface area contributed by atoms with Crippen molar-refractivity contribution in [3.63, 3.8) is 0 Å². The molecule has 9 nitrogen and oxygen atoms in total. The molecule has 134 valence electrons. The third-order valence-corrected chi connectivity index (χ3v) is 2.36. The van der Waals surface area contributed by atoms with Crippen molar-refractivity contribution in [1.29, 1.82) is 0 Å². The summed E-state index contributed by atoms with van der Waals surface area (Å²) in [6, 6.07) is 0. The topological polar surface area (TPSA) is 173 Å². The number of carboxylic acid groups (broad SMARTS) is 3. The fourth-order valence-corrected chi connectivity index (χ4v) is 0.485. The minimum absolute atomic E-state index is 0.156. The van der Waals surface area contributed by atoms with Crippen LogP contribution >= 0.6 is 0 Å². The van der Waals surface area contributed by atoms with E-state index in [-0.39, 0.29) is 39.1 Å². The molecular formula is C13H28O9. The smallest absolute Gasteiger partial charge is 0.303 e. The number of rotatable bonds is 6. The lowest BCUT2D eigenvalue weighted by Crippen LogP contribution is -2.32. The Morgan fingerprint density at radius 3 is 1.05 bits per heavy atom. The van der Waals surface area contributed by atoms with Gasteiger partial charge in [-0.1, -0.05) is 20.8 Å². The van der Waals surface area contributed by atoms with E-state index in [1.807, 2.05) is 6.92 Å². The summed E-state index contributed by atoms with van der Waals surface area (Å²) in [4.78, 5) is 27.1. The maximum absolute atomic E-state index is 9.37. The predicted molar refractivity (Wildman–Crippen MR) is 78.5 cm³/mol. The lowest BCUT2D eigenvalue weighted by Gasteiger charge is -2.24. The summed E-state index contributed by atoms with van der Waals surface area (Å²) in [6.07, 6.45) is 1.04.